The van der Waals surface area contributed by atoms with Gasteiger partial charge in [-0.05, 0) is 18.4 Å². The third-order valence-electron chi connectivity index (χ3n) is 2.09. The zero-order valence-electron chi connectivity index (χ0n) is 7.54. The lowest BCUT2D eigenvalue weighted by Gasteiger charge is -2.19. The molecule has 0 radical (unpaired) electrons. The fourth-order valence-corrected chi connectivity index (χ4v) is 1.03. The zero-order chi connectivity index (χ0) is 8.27. The first-order chi connectivity index (χ1) is 5.24. The molecule has 1 aliphatic rings. The Kier molecular flexibility index (Phi) is 2.69. The summed E-state index contributed by atoms with van der Waals surface area (Å²) in [4.78, 5) is 6.51. The van der Waals surface area contributed by atoms with E-state index in [0.29, 0.717) is 5.92 Å². The zero-order valence-corrected chi connectivity index (χ0v) is 7.54. The second kappa shape index (κ2) is 3.56. The minimum Gasteiger partial charge on any atom is -0.361 e. The Morgan fingerprint density at radius 1 is 1.73 bits per heavy atom. The summed E-state index contributed by atoms with van der Waals surface area (Å²) in [5.41, 5.74) is 1.24. The van der Waals surface area contributed by atoms with E-state index in [1.165, 1.54) is 12.1 Å². The van der Waals surface area contributed by atoms with Gasteiger partial charge in [-0.25, -0.2) is 0 Å². The average Bonchev–Trinajstić information content (AvgIpc) is 2.05. The van der Waals surface area contributed by atoms with Crippen LogP contribution in [0.3, 0.4) is 0 Å². The molecule has 2 nitrogen and oxygen atoms in total. The molecule has 0 amide bonds. The summed E-state index contributed by atoms with van der Waals surface area (Å²) < 4.78 is 0. The molecular weight excluding hydrogens is 136 g/mol. The molecule has 11 heavy (non-hydrogen) atoms. The fourth-order valence-electron chi connectivity index (χ4n) is 1.03. The van der Waals surface area contributed by atoms with E-state index < -0.39 is 0 Å². The molecule has 62 valence electrons. The maximum absolute atomic E-state index is 4.44. The monoisotopic (exact) mass is 152 g/mol. The van der Waals surface area contributed by atoms with Crippen LogP contribution in [0.1, 0.15) is 20.3 Å². The van der Waals surface area contributed by atoms with Crippen molar-refractivity contribution in [1.29, 1.82) is 0 Å². The highest BCUT2D eigenvalue weighted by molar-refractivity contribution is 5.96. The minimum absolute atomic E-state index is 0.611. The average molecular weight is 152 g/mol. The largest absolute Gasteiger partial charge is 0.361 e. The van der Waals surface area contributed by atoms with Gasteiger partial charge in [0.2, 0.25) is 0 Å². The SMILES string of the molecule is CCC(C)C1=NCN(C)C=C1. The third kappa shape index (κ3) is 2.07. The van der Waals surface area contributed by atoms with Crippen LogP contribution in [0.25, 0.3) is 0 Å². The van der Waals surface area contributed by atoms with Gasteiger partial charge in [-0.3, -0.25) is 4.99 Å². The Balaban J connectivity index is 2.55. The molecule has 1 atom stereocenters. The molecule has 1 aliphatic heterocycles. The van der Waals surface area contributed by atoms with Gasteiger partial charge >= 0.3 is 0 Å². The smallest absolute Gasteiger partial charge is 0.109 e. The fraction of sp³-hybridized carbons (Fsp3) is 0.667. The molecule has 1 heterocycles. The van der Waals surface area contributed by atoms with Crippen molar-refractivity contribution in [3.63, 3.8) is 0 Å². The standard InChI is InChI=1S/C9H16N2/c1-4-8(2)9-5-6-11(3)7-10-9/h5-6,8H,4,7H2,1-3H3. The van der Waals surface area contributed by atoms with Crippen LogP contribution in [0.15, 0.2) is 17.3 Å². The molecule has 0 saturated carbocycles. The lowest BCUT2D eigenvalue weighted by atomic mass is 10.0. The van der Waals surface area contributed by atoms with E-state index in [0.717, 1.165) is 6.67 Å². The summed E-state index contributed by atoms with van der Waals surface area (Å²) in [6, 6.07) is 0. The van der Waals surface area contributed by atoms with Crippen molar-refractivity contribution in [3.05, 3.63) is 12.3 Å². The van der Waals surface area contributed by atoms with Crippen LogP contribution >= 0.6 is 0 Å². The minimum atomic E-state index is 0.611. The second-order valence-electron chi connectivity index (χ2n) is 3.11. The van der Waals surface area contributed by atoms with Crippen LogP contribution in [0, 0.1) is 5.92 Å². The van der Waals surface area contributed by atoms with Crippen molar-refractivity contribution in [3.8, 4) is 0 Å². The predicted molar refractivity (Wildman–Crippen MR) is 48.7 cm³/mol. The Bertz CT molecular complexity index is 182. The second-order valence-corrected chi connectivity index (χ2v) is 3.11. The summed E-state index contributed by atoms with van der Waals surface area (Å²) in [5, 5.41) is 0. The van der Waals surface area contributed by atoms with E-state index in [-0.39, 0.29) is 0 Å². The summed E-state index contributed by atoms with van der Waals surface area (Å²) >= 11 is 0. The Morgan fingerprint density at radius 2 is 2.45 bits per heavy atom. The molecule has 0 aliphatic carbocycles. The molecular formula is C9H16N2. The summed E-state index contributed by atoms with van der Waals surface area (Å²) in [5.74, 6) is 0.611. The van der Waals surface area contributed by atoms with Crippen LogP contribution in [0.2, 0.25) is 0 Å². The van der Waals surface area contributed by atoms with Crippen molar-refractivity contribution < 1.29 is 0 Å². The van der Waals surface area contributed by atoms with Gasteiger partial charge in [0.25, 0.3) is 0 Å². The van der Waals surface area contributed by atoms with E-state index in [1.807, 2.05) is 7.05 Å². The highest BCUT2D eigenvalue weighted by atomic mass is 15.2. The first kappa shape index (κ1) is 8.31. The Morgan fingerprint density at radius 3 is 2.91 bits per heavy atom. The van der Waals surface area contributed by atoms with Gasteiger partial charge in [0.15, 0.2) is 0 Å². The van der Waals surface area contributed by atoms with Crippen molar-refractivity contribution >= 4 is 5.71 Å². The van der Waals surface area contributed by atoms with Crippen LogP contribution in [0.4, 0.5) is 0 Å². The Labute approximate surface area is 68.6 Å². The van der Waals surface area contributed by atoms with Gasteiger partial charge in [-0.2, -0.15) is 0 Å². The Hall–Kier alpha value is -0.790. The van der Waals surface area contributed by atoms with Gasteiger partial charge < -0.3 is 4.90 Å². The van der Waals surface area contributed by atoms with Crippen LogP contribution in [0.5, 0.6) is 0 Å². The lowest BCUT2D eigenvalue weighted by molar-refractivity contribution is 0.465. The van der Waals surface area contributed by atoms with Gasteiger partial charge in [0, 0.05) is 19.0 Å². The van der Waals surface area contributed by atoms with Crippen molar-refractivity contribution in [2.75, 3.05) is 13.7 Å². The van der Waals surface area contributed by atoms with Crippen LogP contribution in [-0.4, -0.2) is 24.3 Å². The number of hydrogen-bond acceptors (Lipinski definition) is 2. The molecule has 1 rings (SSSR count). The van der Waals surface area contributed by atoms with Crippen LogP contribution in [-0.2, 0) is 0 Å². The first-order valence-corrected chi connectivity index (χ1v) is 4.16. The lowest BCUT2D eigenvalue weighted by Crippen LogP contribution is -2.20. The van der Waals surface area contributed by atoms with Crippen molar-refractivity contribution in [2.45, 2.75) is 20.3 Å². The molecule has 0 aromatic carbocycles. The molecule has 0 saturated heterocycles. The number of allylic oxidation sites excluding steroid dienone is 1. The van der Waals surface area contributed by atoms with Gasteiger partial charge in [0.05, 0.1) is 0 Å². The number of aliphatic imine (C=N–C) groups is 1. The quantitative estimate of drug-likeness (QED) is 0.590. The highest BCUT2D eigenvalue weighted by Crippen LogP contribution is 2.08. The number of rotatable bonds is 2. The van der Waals surface area contributed by atoms with Crippen molar-refractivity contribution in [2.24, 2.45) is 10.9 Å². The highest BCUT2D eigenvalue weighted by Gasteiger charge is 2.07. The van der Waals surface area contributed by atoms with E-state index in [4.69, 9.17) is 0 Å². The summed E-state index contributed by atoms with van der Waals surface area (Å²) in [7, 11) is 2.04. The maximum atomic E-state index is 4.44. The van der Waals surface area contributed by atoms with E-state index in [2.05, 4.69) is 36.0 Å². The van der Waals surface area contributed by atoms with E-state index in [9.17, 15) is 0 Å². The molecule has 0 bridgehead atoms. The molecule has 0 N–H and O–H groups in total. The van der Waals surface area contributed by atoms with Gasteiger partial charge in [-0.1, -0.05) is 13.8 Å². The van der Waals surface area contributed by atoms with Gasteiger partial charge in [-0.15, -0.1) is 0 Å². The molecule has 0 aromatic rings. The van der Waals surface area contributed by atoms with E-state index in [1.54, 1.807) is 0 Å². The topological polar surface area (TPSA) is 15.6 Å². The number of hydrogen-bond donors (Lipinski definition) is 0. The van der Waals surface area contributed by atoms with Crippen molar-refractivity contribution in [1.82, 2.24) is 4.90 Å². The van der Waals surface area contributed by atoms with E-state index >= 15 is 0 Å². The molecule has 0 aromatic heterocycles. The summed E-state index contributed by atoms with van der Waals surface area (Å²) in [6.07, 6.45) is 5.37. The molecule has 0 spiro atoms. The molecule has 1 unspecified atom stereocenters. The maximum Gasteiger partial charge on any atom is 0.109 e. The first-order valence-electron chi connectivity index (χ1n) is 4.16. The van der Waals surface area contributed by atoms with Gasteiger partial charge in [0.1, 0.15) is 6.67 Å². The third-order valence-corrected chi connectivity index (χ3v) is 2.09. The molecule has 2 heteroatoms. The van der Waals surface area contributed by atoms with Crippen LogP contribution < -0.4 is 0 Å². The predicted octanol–water partition coefficient (Wildman–Crippen LogP) is 1.89. The molecule has 0 fully saturated rings. The summed E-state index contributed by atoms with van der Waals surface area (Å²) in [6.45, 7) is 5.23. The normalized spacial score (nSPS) is 19.9. The number of nitrogens with zero attached hydrogens (tertiary/aromatic N) is 2.